The second-order valence-electron chi connectivity index (χ2n) is 7.83. The van der Waals surface area contributed by atoms with Crippen molar-refractivity contribution < 1.29 is 13.2 Å². The predicted octanol–water partition coefficient (Wildman–Crippen LogP) is 1.84. The largest absolute Gasteiger partial charge is 0.340 e. The highest BCUT2D eigenvalue weighted by Crippen LogP contribution is 2.22. The minimum Gasteiger partial charge on any atom is -0.340 e. The van der Waals surface area contributed by atoms with Gasteiger partial charge in [-0.15, -0.1) is 0 Å². The zero-order chi connectivity index (χ0) is 19.4. The topological polar surface area (TPSA) is 60.9 Å². The summed E-state index contributed by atoms with van der Waals surface area (Å²) < 4.78 is 25.6. The molecule has 0 radical (unpaired) electrons. The van der Waals surface area contributed by atoms with Gasteiger partial charge in [-0.3, -0.25) is 9.69 Å². The van der Waals surface area contributed by atoms with Gasteiger partial charge in [0.1, 0.15) is 6.04 Å². The number of hydrogen-bond donors (Lipinski definition) is 0. The minimum absolute atomic E-state index is 0.0164. The molecule has 7 heteroatoms. The van der Waals surface area contributed by atoms with Gasteiger partial charge in [-0.2, -0.15) is 4.31 Å². The second-order valence-corrected chi connectivity index (χ2v) is 9.76. The lowest BCUT2D eigenvalue weighted by atomic mass is 10.0. The fourth-order valence-electron chi connectivity index (χ4n) is 4.06. The zero-order valence-electron chi connectivity index (χ0n) is 16.4. The normalized spacial score (nSPS) is 23.2. The lowest BCUT2D eigenvalue weighted by Gasteiger charge is -2.35. The summed E-state index contributed by atoms with van der Waals surface area (Å²) in [6.45, 7) is 6.59. The average molecular weight is 394 g/mol. The Morgan fingerprint density at radius 3 is 2.44 bits per heavy atom. The summed E-state index contributed by atoms with van der Waals surface area (Å²) in [5.41, 5.74) is 2.55. The number of sulfonamides is 1. The van der Waals surface area contributed by atoms with Gasteiger partial charge >= 0.3 is 0 Å². The molecule has 150 valence electrons. The first-order chi connectivity index (χ1) is 12.8. The third-order valence-corrected chi connectivity index (χ3v) is 6.88. The maximum atomic E-state index is 13.1. The summed E-state index contributed by atoms with van der Waals surface area (Å²) in [4.78, 5) is 17.3. The van der Waals surface area contributed by atoms with Crippen molar-refractivity contribution in [1.29, 1.82) is 0 Å². The first kappa shape index (κ1) is 20.3. The van der Waals surface area contributed by atoms with E-state index in [9.17, 15) is 13.2 Å². The van der Waals surface area contributed by atoms with Crippen LogP contribution in [0.3, 0.4) is 0 Å². The summed E-state index contributed by atoms with van der Waals surface area (Å²) >= 11 is 0. The number of amides is 1. The molecule has 0 bridgehead atoms. The van der Waals surface area contributed by atoms with E-state index in [1.54, 1.807) is 0 Å². The van der Waals surface area contributed by atoms with Gasteiger partial charge in [0, 0.05) is 39.3 Å². The Morgan fingerprint density at radius 2 is 1.74 bits per heavy atom. The van der Waals surface area contributed by atoms with Crippen molar-refractivity contribution in [3.8, 4) is 0 Å². The smallest absolute Gasteiger partial charge is 0.241 e. The van der Waals surface area contributed by atoms with E-state index in [4.69, 9.17) is 0 Å². The average Bonchev–Trinajstić information content (AvgIpc) is 2.88. The summed E-state index contributed by atoms with van der Waals surface area (Å²) in [5, 5.41) is 0. The highest BCUT2D eigenvalue weighted by atomic mass is 32.2. The molecule has 2 saturated heterocycles. The molecule has 0 N–H and O–H groups in total. The fourth-order valence-corrected chi connectivity index (χ4v) is 5.18. The van der Waals surface area contributed by atoms with E-state index in [1.165, 1.54) is 21.7 Å². The van der Waals surface area contributed by atoms with Crippen molar-refractivity contribution in [2.45, 2.75) is 45.2 Å². The van der Waals surface area contributed by atoms with Crippen LogP contribution in [0.2, 0.25) is 0 Å². The van der Waals surface area contributed by atoms with Crippen molar-refractivity contribution in [1.82, 2.24) is 14.1 Å². The number of carbonyl (C=O) groups excluding carboxylic acids is 1. The number of aryl methyl sites for hydroxylation is 1. The standard InChI is InChI=1S/C20H31N3O3S/c1-17-7-9-18(10-8-17)16-21-11-5-12-22(15-14-21)20(24)19-6-3-4-13-23(19)27(2,25)26/h7-10,19H,3-6,11-16H2,1-2H3/t19-/m1/s1. The van der Waals surface area contributed by atoms with E-state index in [2.05, 4.69) is 36.1 Å². The van der Waals surface area contributed by atoms with Crippen molar-refractivity contribution >= 4 is 15.9 Å². The van der Waals surface area contributed by atoms with Crippen LogP contribution in [0.5, 0.6) is 0 Å². The van der Waals surface area contributed by atoms with Crippen LogP contribution >= 0.6 is 0 Å². The summed E-state index contributed by atoms with van der Waals surface area (Å²) in [6.07, 6.45) is 4.51. The Balaban J connectivity index is 1.61. The van der Waals surface area contributed by atoms with Crippen LogP contribution in [0.4, 0.5) is 0 Å². The monoisotopic (exact) mass is 393 g/mol. The number of nitrogens with zero attached hydrogens (tertiary/aromatic N) is 3. The molecule has 1 amide bonds. The molecule has 1 aromatic carbocycles. The SMILES string of the molecule is Cc1ccc(CN2CCCN(C(=O)[C@H]3CCCCN3S(C)(=O)=O)CC2)cc1. The summed E-state index contributed by atoms with van der Waals surface area (Å²) in [6, 6.07) is 8.07. The molecule has 1 aromatic rings. The molecule has 2 fully saturated rings. The van der Waals surface area contributed by atoms with Crippen LogP contribution in [0, 0.1) is 6.92 Å². The first-order valence-electron chi connectivity index (χ1n) is 9.88. The predicted molar refractivity (Wildman–Crippen MR) is 107 cm³/mol. The number of rotatable bonds is 4. The molecular formula is C20H31N3O3S. The van der Waals surface area contributed by atoms with E-state index in [1.807, 2.05) is 4.90 Å². The Kier molecular flexibility index (Phi) is 6.55. The molecule has 3 rings (SSSR count). The Hall–Kier alpha value is -1.44. The van der Waals surface area contributed by atoms with Gasteiger partial charge in [0.25, 0.3) is 0 Å². The van der Waals surface area contributed by atoms with Crippen molar-refractivity contribution in [2.75, 3.05) is 39.0 Å². The summed E-state index contributed by atoms with van der Waals surface area (Å²) in [7, 11) is -3.35. The molecule has 2 aliphatic heterocycles. The Morgan fingerprint density at radius 1 is 1.00 bits per heavy atom. The lowest BCUT2D eigenvalue weighted by Crippen LogP contribution is -2.53. The molecule has 0 unspecified atom stereocenters. The molecule has 6 nitrogen and oxygen atoms in total. The molecule has 0 spiro atoms. The van der Waals surface area contributed by atoms with Crippen molar-refractivity contribution in [3.63, 3.8) is 0 Å². The fraction of sp³-hybridized carbons (Fsp3) is 0.650. The van der Waals surface area contributed by atoms with Crippen molar-refractivity contribution in [3.05, 3.63) is 35.4 Å². The van der Waals surface area contributed by atoms with E-state index < -0.39 is 16.1 Å². The van der Waals surface area contributed by atoms with Gasteiger partial charge in [-0.05, 0) is 31.7 Å². The molecule has 2 heterocycles. The minimum atomic E-state index is -3.35. The van der Waals surface area contributed by atoms with Crippen molar-refractivity contribution in [2.24, 2.45) is 0 Å². The molecule has 2 aliphatic rings. The molecule has 0 aliphatic carbocycles. The third-order valence-electron chi connectivity index (χ3n) is 5.59. The van der Waals surface area contributed by atoms with Gasteiger partial charge in [-0.1, -0.05) is 36.2 Å². The first-order valence-corrected chi connectivity index (χ1v) is 11.7. The molecular weight excluding hydrogens is 362 g/mol. The Bertz CT molecular complexity index is 748. The maximum absolute atomic E-state index is 13.1. The molecule has 0 aromatic heterocycles. The van der Waals surface area contributed by atoms with Gasteiger partial charge in [0.15, 0.2) is 0 Å². The maximum Gasteiger partial charge on any atom is 0.241 e. The highest BCUT2D eigenvalue weighted by molar-refractivity contribution is 7.88. The van der Waals surface area contributed by atoms with Gasteiger partial charge in [0.05, 0.1) is 6.26 Å². The number of carbonyl (C=O) groups is 1. The summed E-state index contributed by atoms with van der Waals surface area (Å²) in [5.74, 6) is -0.0164. The van der Waals surface area contributed by atoms with Gasteiger partial charge in [0.2, 0.25) is 15.9 Å². The third kappa shape index (κ3) is 5.30. The number of hydrogen-bond acceptors (Lipinski definition) is 4. The van der Waals surface area contributed by atoms with Gasteiger partial charge < -0.3 is 4.90 Å². The number of piperidine rings is 1. The van der Waals surface area contributed by atoms with E-state index in [0.29, 0.717) is 26.1 Å². The van der Waals surface area contributed by atoms with E-state index in [-0.39, 0.29) is 5.91 Å². The molecule has 27 heavy (non-hydrogen) atoms. The molecule has 1 atom stereocenters. The van der Waals surface area contributed by atoms with E-state index in [0.717, 1.165) is 38.9 Å². The van der Waals surface area contributed by atoms with Crippen LogP contribution in [0.25, 0.3) is 0 Å². The van der Waals surface area contributed by atoms with Crippen LogP contribution < -0.4 is 0 Å². The Labute approximate surface area is 163 Å². The number of benzene rings is 1. The second kappa shape index (κ2) is 8.71. The quantitative estimate of drug-likeness (QED) is 0.783. The van der Waals surface area contributed by atoms with Crippen LogP contribution in [0.15, 0.2) is 24.3 Å². The van der Waals surface area contributed by atoms with Crippen LogP contribution in [0.1, 0.15) is 36.8 Å². The lowest BCUT2D eigenvalue weighted by molar-refractivity contribution is -0.136. The van der Waals surface area contributed by atoms with Crippen LogP contribution in [-0.2, 0) is 21.4 Å². The van der Waals surface area contributed by atoms with Gasteiger partial charge in [-0.25, -0.2) is 8.42 Å². The molecule has 0 saturated carbocycles. The van der Waals surface area contributed by atoms with Crippen LogP contribution in [-0.4, -0.2) is 73.5 Å². The highest BCUT2D eigenvalue weighted by Gasteiger charge is 2.37. The zero-order valence-corrected chi connectivity index (χ0v) is 17.2. The van der Waals surface area contributed by atoms with E-state index >= 15 is 0 Å².